The summed E-state index contributed by atoms with van der Waals surface area (Å²) in [5, 5.41) is 1.22. The van der Waals surface area contributed by atoms with Gasteiger partial charge in [-0.1, -0.05) is 11.6 Å². The molecule has 1 saturated heterocycles. The van der Waals surface area contributed by atoms with Crippen LogP contribution in [-0.4, -0.2) is 44.1 Å². The van der Waals surface area contributed by atoms with Crippen LogP contribution in [0.15, 0.2) is 42.5 Å². The Balaban J connectivity index is 1.58. The van der Waals surface area contributed by atoms with Crippen molar-refractivity contribution in [1.29, 1.82) is 0 Å². The summed E-state index contributed by atoms with van der Waals surface area (Å²) in [4.78, 5) is 19.9. The second-order valence-electron chi connectivity index (χ2n) is 8.69. The first-order valence-corrected chi connectivity index (χ1v) is 11.1. The Hall–Kier alpha value is -3.12. The summed E-state index contributed by atoms with van der Waals surface area (Å²) >= 11 is 0. The number of amides is 1. The van der Waals surface area contributed by atoms with E-state index in [1.165, 1.54) is 16.5 Å². The number of nitrogens with zero attached hydrogens (tertiary/aromatic N) is 4. The molecule has 1 fully saturated rings. The van der Waals surface area contributed by atoms with Crippen molar-refractivity contribution in [3.05, 3.63) is 53.6 Å². The molecule has 0 radical (unpaired) electrons. The van der Waals surface area contributed by atoms with Crippen LogP contribution < -0.4 is 5.73 Å². The van der Waals surface area contributed by atoms with Crippen molar-refractivity contribution in [2.45, 2.75) is 39.3 Å². The highest BCUT2D eigenvalue weighted by Gasteiger charge is 2.23. The van der Waals surface area contributed by atoms with Gasteiger partial charge in [-0.05, 0) is 63.1 Å². The van der Waals surface area contributed by atoms with E-state index in [-0.39, 0.29) is 11.9 Å². The number of nitrogens with two attached hydrogens (primary N) is 1. The van der Waals surface area contributed by atoms with Crippen molar-refractivity contribution in [2.75, 3.05) is 13.1 Å². The Morgan fingerprint density at radius 3 is 2.74 bits per heavy atom. The van der Waals surface area contributed by atoms with Crippen LogP contribution in [0.3, 0.4) is 0 Å². The van der Waals surface area contributed by atoms with Crippen LogP contribution in [0, 0.1) is 6.92 Å². The van der Waals surface area contributed by atoms with Gasteiger partial charge in [0.15, 0.2) is 5.82 Å². The Morgan fingerprint density at radius 2 is 1.97 bits per heavy atom. The number of piperidine rings is 1. The quantitative estimate of drug-likeness (QED) is 0.548. The zero-order chi connectivity index (χ0) is 21.7. The third-order valence-corrected chi connectivity index (χ3v) is 6.48. The van der Waals surface area contributed by atoms with E-state index in [1.807, 2.05) is 30.1 Å². The topological polar surface area (TPSA) is 69.1 Å². The third-order valence-electron chi connectivity index (χ3n) is 6.48. The Labute approximate surface area is 182 Å². The van der Waals surface area contributed by atoms with Crippen molar-refractivity contribution < 1.29 is 4.79 Å². The van der Waals surface area contributed by atoms with Crippen LogP contribution in [-0.2, 0) is 13.6 Å². The molecule has 5 rings (SSSR count). The maximum Gasteiger partial charge on any atom is 0.253 e. The maximum atomic E-state index is 13.0. The van der Waals surface area contributed by atoms with Crippen LogP contribution in [0.2, 0.25) is 0 Å². The van der Waals surface area contributed by atoms with Gasteiger partial charge in [-0.15, -0.1) is 0 Å². The average Bonchev–Trinajstić information content (AvgIpc) is 3.29. The second-order valence-corrected chi connectivity index (χ2v) is 8.69. The molecule has 6 nitrogen and oxygen atoms in total. The number of hydrogen-bond donors (Lipinski definition) is 1. The summed E-state index contributed by atoms with van der Waals surface area (Å²) < 4.78 is 4.42. The van der Waals surface area contributed by atoms with E-state index in [2.05, 4.69) is 47.2 Å². The molecule has 2 aromatic carbocycles. The first kappa shape index (κ1) is 19.8. The summed E-state index contributed by atoms with van der Waals surface area (Å²) in [6.07, 6.45) is 1.95. The van der Waals surface area contributed by atoms with E-state index < -0.39 is 0 Å². The minimum absolute atomic E-state index is 0.0439. The lowest BCUT2D eigenvalue weighted by Gasteiger charge is -2.30. The highest BCUT2D eigenvalue weighted by atomic mass is 16.2. The summed E-state index contributed by atoms with van der Waals surface area (Å²) in [7, 11) is 2.04. The fraction of sp³-hybridized carbons (Fsp3) is 0.360. The standard InChI is InChI=1S/C25H29N5O/c1-4-30-21-9-7-16(2)12-18(21)14-23(30)24-27-20-13-17(8-10-22(20)28(24)3)25(31)29-11-5-6-19(26)15-29/h7-10,12-14,19H,4-6,11,15,26H2,1-3H3. The number of carbonyl (C=O) groups excluding carboxylic acids is 1. The predicted molar refractivity (Wildman–Crippen MR) is 125 cm³/mol. The summed E-state index contributed by atoms with van der Waals surface area (Å²) in [5.41, 5.74) is 12.2. The van der Waals surface area contributed by atoms with E-state index in [1.54, 1.807) is 0 Å². The van der Waals surface area contributed by atoms with Gasteiger partial charge in [0, 0.05) is 49.2 Å². The first-order valence-electron chi connectivity index (χ1n) is 11.1. The van der Waals surface area contributed by atoms with Crippen molar-refractivity contribution in [3.63, 3.8) is 0 Å². The monoisotopic (exact) mass is 415 g/mol. The molecule has 0 bridgehead atoms. The zero-order valence-corrected chi connectivity index (χ0v) is 18.4. The molecule has 0 saturated carbocycles. The Kier molecular flexibility index (Phi) is 4.82. The van der Waals surface area contributed by atoms with Crippen LogP contribution in [0.4, 0.5) is 0 Å². The van der Waals surface area contributed by atoms with E-state index >= 15 is 0 Å². The van der Waals surface area contributed by atoms with Crippen LogP contribution in [0.25, 0.3) is 33.5 Å². The average molecular weight is 416 g/mol. The highest BCUT2D eigenvalue weighted by molar-refractivity contribution is 5.98. The number of hydrogen-bond acceptors (Lipinski definition) is 3. The molecule has 1 amide bonds. The molecule has 3 heterocycles. The lowest BCUT2D eigenvalue weighted by molar-refractivity contribution is 0.0709. The maximum absolute atomic E-state index is 13.0. The largest absolute Gasteiger partial charge is 0.338 e. The van der Waals surface area contributed by atoms with E-state index in [0.717, 1.165) is 48.5 Å². The van der Waals surface area contributed by atoms with Gasteiger partial charge in [0.2, 0.25) is 0 Å². The van der Waals surface area contributed by atoms with E-state index in [0.29, 0.717) is 12.1 Å². The molecular formula is C25H29N5O. The summed E-state index contributed by atoms with van der Waals surface area (Å²) in [5.74, 6) is 0.956. The van der Waals surface area contributed by atoms with E-state index in [9.17, 15) is 4.79 Å². The molecule has 2 N–H and O–H groups in total. The third kappa shape index (κ3) is 3.31. The number of benzene rings is 2. The Morgan fingerprint density at radius 1 is 1.16 bits per heavy atom. The summed E-state index contributed by atoms with van der Waals surface area (Å²) in [6, 6.07) is 14.7. The minimum atomic E-state index is 0.0439. The van der Waals surface area contributed by atoms with Crippen molar-refractivity contribution in [1.82, 2.24) is 19.0 Å². The minimum Gasteiger partial charge on any atom is -0.338 e. The van der Waals surface area contributed by atoms with Gasteiger partial charge >= 0.3 is 0 Å². The molecule has 1 aliphatic heterocycles. The van der Waals surface area contributed by atoms with Gasteiger partial charge in [-0.3, -0.25) is 4.79 Å². The molecule has 4 aromatic rings. The molecule has 6 heteroatoms. The molecule has 0 aliphatic carbocycles. The number of likely N-dealkylation sites (tertiary alicyclic amines) is 1. The fourth-order valence-corrected chi connectivity index (χ4v) is 4.86. The fourth-order valence-electron chi connectivity index (χ4n) is 4.86. The van der Waals surface area contributed by atoms with Gasteiger partial charge in [0.05, 0.1) is 16.7 Å². The van der Waals surface area contributed by atoms with Crippen LogP contribution in [0.5, 0.6) is 0 Å². The molecule has 2 aromatic heterocycles. The molecule has 0 spiro atoms. The number of fused-ring (bicyclic) bond motifs is 2. The van der Waals surface area contributed by atoms with Crippen molar-refractivity contribution in [3.8, 4) is 11.5 Å². The molecule has 160 valence electrons. The van der Waals surface area contributed by atoms with Gasteiger partial charge in [0.1, 0.15) is 0 Å². The van der Waals surface area contributed by atoms with Gasteiger partial charge in [-0.25, -0.2) is 4.98 Å². The normalized spacial score (nSPS) is 17.0. The smallest absolute Gasteiger partial charge is 0.253 e. The van der Waals surface area contributed by atoms with Crippen molar-refractivity contribution >= 4 is 27.8 Å². The lowest BCUT2D eigenvalue weighted by Crippen LogP contribution is -2.45. The number of carbonyl (C=O) groups is 1. The number of aryl methyl sites for hydroxylation is 3. The predicted octanol–water partition coefficient (Wildman–Crippen LogP) is 4.09. The van der Waals surface area contributed by atoms with Gasteiger partial charge < -0.3 is 19.8 Å². The molecular weight excluding hydrogens is 386 g/mol. The number of imidazole rings is 1. The molecule has 31 heavy (non-hydrogen) atoms. The van der Waals surface area contributed by atoms with Crippen LogP contribution in [0.1, 0.15) is 35.7 Å². The zero-order valence-electron chi connectivity index (χ0n) is 18.4. The first-order chi connectivity index (χ1) is 15.0. The SMILES string of the molecule is CCn1c(-c2nc3cc(C(=O)N4CCCC(N)C4)ccc3n2C)cc2cc(C)ccc21. The van der Waals surface area contributed by atoms with Gasteiger partial charge in [-0.2, -0.15) is 0 Å². The number of rotatable bonds is 3. The number of aromatic nitrogens is 3. The molecule has 1 atom stereocenters. The van der Waals surface area contributed by atoms with Crippen molar-refractivity contribution in [2.24, 2.45) is 12.8 Å². The molecule has 1 unspecified atom stereocenters. The highest BCUT2D eigenvalue weighted by Crippen LogP contribution is 2.31. The Bertz CT molecular complexity index is 1300. The lowest BCUT2D eigenvalue weighted by atomic mass is 10.1. The molecule has 1 aliphatic rings. The summed E-state index contributed by atoms with van der Waals surface area (Å²) in [6.45, 7) is 6.54. The second kappa shape index (κ2) is 7.54. The van der Waals surface area contributed by atoms with E-state index in [4.69, 9.17) is 10.7 Å². The van der Waals surface area contributed by atoms with Gasteiger partial charge in [0.25, 0.3) is 5.91 Å². The van der Waals surface area contributed by atoms with Crippen LogP contribution >= 0.6 is 0 Å².